The highest BCUT2D eigenvalue weighted by atomic mass is 16.6. The number of hydrogen-bond donors (Lipinski definition) is 0. The summed E-state index contributed by atoms with van der Waals surface area (Å²) in [6.45, 7) is 3.49. The van der Waals surface area contributed by atoms with Crippen LogP contribution >= 0.6 is 0 Å². The predicted octanol–water partition coefficient (Wildman–Crippen LogP) is 4.32. The maximum Gasteiger partial charge on any atom is 0.355 e. The molecule has 6 rings (SSSR count). The SMILES string of the molecule is CCc1c2c(nc3ccccc13)-c1cc3c(c(=O)n1C2)COC(=O)[C@@]3(CC)OC(=O)c1cc([N+](=O)[O-])cc([N+](=O)[O-])c1. The van der Waals surface area contributed by atoms with Crippen LogP contribution in [0.2, 0.25) is 0 Å². The van der Waals surface area contributed by atoms with Gasteiger partial charge in [0.15, 0.2) is 0 Å². The molecule has 2 aromatic carbocycles. The first-order chi connectivity index (χ1) is 20.1. The quantitative estimate of drug-likeness (QED) is 0.162. The van der Waals surface area contributed by atoms with E-state index in [4.69, 9.17) is 14.5 Å². The van der Waals surface area contributed by atoms with Crippen molar-refractivity contribution in [3.05, 3.63) is 107 Å². The molecule has 2 aliphatic rings. The molecular formula is C29H22N4O9. The number of fused-ring (bicyclic) bond motifs is 5. The van der Waals surface area contributed by atoms with Crippen LogP contribution in [0.15, 0.2) is 53.3 Å². The zero-order chi connectivity index (χ0) is 29.9. The maximum atomic E-state index is 13.8. The molecule has 13 heteroatoms. The second-order valence-corrected chi connectivity index (χ2v) is 10.00. The molecule has 1 atom stereocenters. The van der Waals surface area contributed by atoms with Gasteiger partial charge in [-0.25, -0.2) is 14.6 Å². The monoisotopic (exact) mass is 570 g/mol. The number of pyridine rings is 2. The number of para-hydroxylation sites is 1. The van der Waals surface area contributed by atoms with Crippen molar-refractivity contribution in [2.45, 2.75) is 45.4 Å². The largest absolute Gasteiger partial charge is 0.457 e. The van der Waals surface area contributed by atoms with Crippen LogP contribution in [0.1, 0.15) is 52.9 Å². The van der Waals surface area contributed by atoms with Gasteiger partial charge in [0, 0.05) is 28.6 Å². The Morgan fingerprint density at radius 1 is 1.05 bits per heavy atom. The van der Waals surface area contributed by atoms with Crippen molar-refractivity contribution in [3.63, 3.8) is 0 Å². The minimum atomic E-state index is -2.09. The normalized spacial score (nSPS) is 16.8. The second kappa shape index (κ2) is 9.58. The van der Waals surface area contributed by atoms with Crippen LogP contribution in [0.4, 0.5) is 11.4 Å². The molecule has 4 aromatic rings. The van der Waals surface area contributed by atoms with Gasteiger partial charge in [-0.2, -0.15) is 0 Å². The van der Waals surface area contributed by atoms with E-state index in [1.807, 2.05) is 31.2 Å². The van der Waals surface area contributed by atoms with Crippen molar-refractivity contribution in [2.24, 2.45) is 0 Å². The van der Waals surface area contributed by atoms with Crippen molar-refractivity contribution in [3.8, 4) is 11.4 Å². The zero-order valence-corrected chi connectivity index (χ0v) is 22.4. The molecule has 0 spiro atoms. The van der Waals surface area contributed by atoms with Crippen molar-refractivity contribution in [1.82, 2.24) is 9.55 Å². The average Bonchev–Trinajstić information content (AvgIpc) is 3.35. The van der Waals surface area contributed by atoms with E-state index in [0.29, 0.717) is 23.9 Å². The van der Waals surface area contributed by atoms with Crippen molar-refractivity contribution in [1.29, 1.82) is 0 Å². The Morgan fingerprint density at radius 2 is 1.74 bits per heavy atom. The Morgan fingerprint density at radius 3 is 2.38 bits per heavy atom. The van der Waals surface area contributed by atoms with Crippen LogP contribution in [0.3, 0.4) is 0 Å². The molecule has 4 heterocycles. The van der Waals surface area contributed by atoms with E-state index in [0.717, 1.165) is 34.2 Å². The van der Waals surface area contributed by atoms with E-state index in [-0.39, 0.29) is 30.7 Å². The summed E-state index contributed by atoms with van der Waals surface area (Å²) in [5, 5.41) is 23.7. The number of esters is 2. The third-order valence-electron chi connectivity index (χ3n) is 7.86. The Labute approximate surface area is 236 Å². The lowest BCUT2D eigenvalue weighted by atomic mass is 9.85. The number of ether oxygens (including phenoxy) is 2. The van der Waals surface area contributed by atoms with Crippen molar-refractivity contribution in [2.75, 3.05) is 0 Å². The Hall–Kier alpha value is -5.46. The molecular weight excluding hydrogens is 548 g/mol. The van der Waals surface area contributed by atoms with E-state index < -0.39 is 49.9 Å². The molecule has 2 aromatic heterocycles. The van der Waals surface area contributed by atoms with Gasteiger partial charge in [0.2, 0.25) is 5.60 Å². The van der Waals surface area contributed by atoms with Gasteiger partial charge in [0.25, 0.3) is 16.9 Å². The Balaban J connectivity index is 1.52. The van der Waals surface area contributed by atoms with Gasteiger partial charge in [0.05, 0.1) is 50.5 Å². The first kappa shape index (κ1) is 26.7. The van der Waals surface area contributed by atoms with E-state index in [2.05, 4.69) is 0 Å². The molecule has 0 aliphatic carbocycles. The molecule has 0 unspecified atom stereocenters. The molecule has 13 nitrogen and oxygen atoms in total. The smallest absolute Gasteiger partial charge is 0.355 e. The maximum absolute atomic E-state index is 13.8. The summed E-state index contributed by atoms with van der Waals surface area (Å²) < 4.78 is 12.6. The number of aryl methyl sites for hydroxylation is 1. The van der Waals surface area contributed by atoms with Crippen LogP contribution in [0, 0.1) is 20.2 Å². The van der Waals surface area contributed by atoms with Crippen molar-refractivity contribution >= 4 is 34.2 Å². The van der Waals surface area contributed by atoms with E-state index in [1.165, 1.54) is 0 Å². The van der Waals surface area contributed by atoms with Gasteiger partial charge in [-0.1, -0.05) is 32.0 Å². The fraction of sp³-hybridized carbons (Fsp3) is 0.241. The first-order valence-electron chi connectivity index (χ1n) is 13.1. The lowest BCUT2D eigenvalue weighted by Gasteiger charge is -2.35. The molecule has 0 N–H and O–H groups in total. The van der Waals surface area contributed by atoms with Gasteiger partial charge >= 0.3 is 11.9 Å². The number of rotatable bonds is 6. The minimum absolute atomic E-state index is 0.117. The van der Waals surface area contributed by atoms with Gasteiger partial charge in [-0.15, -0.1) is 0 Å². The molecule has 0 amide bonds. The molecule has 0 bridgehead atoms. The standard InChI is InChI=1S/C29H22N4O9/c1-3-18-19-7-5-6-8-23(19)30-25-20(18)13-31-24(25)12-22-21(26(31)34)14-41-28(36)29(22,4-2)42-27(35)15-9-16(32(37)38)11-17(10-15)33(39)40/h5-12H,3-4,13-14H2,1-2H3/t29-/m0/s1. The van der Waals surface area contributed by atoms with E-state index >= 15 is 0 Å². The summed E-state index contributed by atoms with van der Waals surface area (Å²) >= 11 is 0. The van der Waals surface area contributed by atoms with E-state index in [1.54, 1.807) is 17.6 Å². The fourth-order valence-electron chi connectivity index (χ4n) is 5.81. The van der Waals surface area contributed by atoms with Crippen LogP contribution < -0.4 is 5.56 Å². The molecule has 2 aliphatic heterocycles. The summed E-state index contributed by atoms with van der Waals surface area (Å²) in [4.78, 5) is 66.3. The lowest BCUT2D eigenvalue weighted by molar-refractivity contribution is -0.394. The summed E-state index contributed by atoms with van der Waals surface area (Å²) in [5.74, 6) is -2.17. The Kier molecular flexibility index (Phi) is 6.10. The van der Waals surface area contributed by atoms with Crippen LogP contribution in [-0.2, 0) is 39.4 Å². The number of hydrogen-bond acceptors (Lipinski definition) is 10. The third-order valence-corrected chi connectivity index (χ3v) is 7.86. The fourth-order valence-corrected chi connectivity index (χ4v) is 5.81. The highest BCUT2D eigenvalue weighted by molar-refractivity contribution is 5.95. The molecule has 0 saturated heterocycles. The molecule has 0 fully saturated rings. The van der Waals surface area contributed by atoms with Gasteiger partial charge in [-0.3, -0.25) is 25.0 Å². The lowest BCUT2D eigenvalue weighted by Crippen LogP contribution is -2.47. The summed E-state index contributed by atoms with van der Waals surface area (Å²) in [7, 11) is 0. The second-order valence-electron chi connectivity index (χ2n) is 10.00. The third kappa shape index (κ3) is 3.84. The number of nitro groups is 2. The Bertz CT molecular complexity index is 1920. The minimum Gasteiger partial charge on any atom is -0.457 e. The number of carbonyl (C=O) groups excluding carboxylic acids is 2. The van der Waals surface area contributed by atoms with Gasteiger partial charge < -0.3 is 14.0 Å². The van der Waals surface area contributed by atoms with Crippen LogP contribution in [0.25, 0.3) is 22.3 Å². The number of non-ortho nitro benzene ring substituents is 2. The van der Waals surface area contributed by atoms with E-state index in [9.17, 15) is 34.6 Å². The highest BCUT2D eigenvalue weighted by Gasteiger charge is 2.51. The van der Waals surface area contributed by atoms with Gasteiger partial charge in [-0.05, 0) is 30.5 Å². The number of benzene rings is 2. The number of carbonyl (C=O) groups is 2. The number of aromatic nitrogens is 2. The van der Waals surface area contributed by atoms with Crippen LogP contribution in [-0.4, -0.2) is 31.3 Å². The molecule has 0 radical (unpaired) electrons. The highest BCUT2D eigenvalue weighted by Crippen LogP contribution is 2.42. The summed E-state index contributed by atoms with van der Waals surface area (Å²) in [5.41, 5.74) is -0.504. The number of cyclic esters (lactones) is 1. The van der Waals surface area contributed by atoms with Gasteiger partial charge in [0.1, 0.15) is 6.61 Å². The molecule has 212 valence electrons. The molecule has 0 saturated carbocycles. The zero-order valence-electron chi connectivity index (χ0n) is 22.4. The predicted molar refractivity (Wildman–Crippen MR) is 147 cm³/mol. The average molecular weight is 571 g/mol. The summed E-state index contributed by atoms with van der Waals surface area (Å²) in [6, 6.07) is 11.6. The summed E-state index contributed by atoms with van der Waals surface area (Å²) in [6.07, 6.45) is 0.546. The number of nitrogens with zero attached hydrogens (tertiary/aromatic N) is 4. The number of nitro benzene ring substituents is 2. The topological polar surface area (TPSA) is 174 Å². The van der Waals surface area contributed by atoms with Crippen molar-refractivity contribution < 1.29 is 28.9 Å². The molecule has 42 heavy (non-hydrogen) atoms. The first-order valence-corrected chi connectivity index (χ1v) is 13.1. The van der Waals surface area contributed by atoms with Crippen LogP contribution in [0.5, 0.6) is 0 Å².